The summed E-state index contributed by atoms with van der Waals surface area (Å²) in [5, 5.41) is 11.2. The Balaban J connectivity index is 2.19. The van der Waals surface area contributed by atoms with Crippen molar-refractivity contribution in [2.24, 2.45) is 0 Å². The maximum absolute atomic E-state index is 13.0. The molecule has 6 heteroatoms. The summed E-state index contributed by atoms with van der Waals surface area (Å²) in [4.78, 5) is 10.3. The highest BCUT2D eigenvalue weighted by atomic mass is 35.5. The molecular weight excluding hydrogens is 273 g/mol. The van der Waals surface area contributed by atoms with Gasteiger partial charge in [0.15, 0.2) is 0 Å². The van der Waals surface area contributed by atoms with E-state index in [1.807, 2.05) is 0 Å². The number of ether oxygens (including phenoxy) is 1. The molecule has 19 heavy (non-hydrogen) atoms. The number of benzene rings is 2. The molecule has 0 amide bonds. The smallest absolute Gasteiger partial charge is 0.276 e. The van der Waals surface area contributed by atoms with E-state index >= 15 is 0 Å². The molecule has 2 rings (SSSR count). The molecule has 0 N–H and O–H groups in total. The van der Waals surface area contributed by atoms with E-state index in [4.69, 9.17) is 16.3 Å². The van der Waals surface area contributed by atoms with Gasteiger partial charge in [-0.05, 0) is 24.3 Å². The quantitative estimate of drug-likeness (QED) is 0.629. The van der Waals surface area contributed by atoms with Crippen molar-refractivity contribution in [3.05, 3.63) is 69.0 Å². The van der Waals surface area contributed by atoms with E-state index in [2.05, 4.69) is 0 Å². The summed E-state index contributed by atoms with van der Waals surface area (Å²) in [5.41, 5.74) is 0.252. The van der Waals surface area contributed by atoms with Gasteiger partial charge in [0.25, 0.3) is 5.69 Å². The molecule has 0 aromatic heterocycles. The minimum absolute atomic E-state index is 0.0552. The molecule has 0 aliphatic rings. The Kier molecular flexibility index (Phi) is 3.97. The Morgan fingerprint density at radius 1 is 1.26 bits per heavy atom. The van der Waals surface area contributed by atoms with Gasteiger partial charge in [0.2, 0.25) is 0 Å². The Morgan fingerprint density at radius 3 is 2.74 bits per heavy atom. The lowest BCUT2D eigenvalue weighted by atomic mass is 10.2. The molecule has 4 nitrogen and oxygen atoms in total. The van der Waals surface area contributed by atoms with Gasteiger partial charge in [0, 0.05) is 17.2 Å². The van der Waals surface area contributed by atoms with Gasteiger partial charge in [-0.2, -0.15) is 0 Å². The van der Waals surface area contributed by atoms with Gasteiger partial charge in [-0.25, -0.2) is 4.39 Å². The first-order valence-corrected chi connectivity index (χ1v) is 5.75. The molecule has 0 unspecified atom stereocenters. The molecule has 0 spiro atoms. The topological polar surface area (TPSA) is 52.4 Å². The predicted octanol–water partition coefficient (Wildman–Crippen LogP) is 3.97. The second-order valence-electron chi connectivity index (χ2n) is 3.78. The zero-order chi connectivity index (χ0) is 13.8. The molecule has 2 aromatic carbocycles. The van der Waals surface area contributed by atoms with Crippen molar-refractivity contribution in [2.45, 2.75) is 6.61 Å². The summed E-state index contributed by atoms with van der Waals surface area (Å²) < 4.78 is 18.3. The van der Waals surface area contributed by atoms with Crippen LogP contribution in [0.5, 0.6) is 5.75 Å². The summed E-state index contributed by atoms with van der Waals surface area (Å²) in [7, 11) is 0. The molecule has 0 aliphatic carbocycles. The third-order valence-corrected chi connectivity index (χ3v) is 2.66. The largest absolute Gasteiger partial charge is 0.489 e. The van der Waals surface area contributed by atoms with Gasteiger partial charge in [0.05, 0.1) is 10.5 Å². The molecular formula is C13H9ClFNO3. The van der Waals surface area contributed by atoms with Crippen LogP contribution in [0.3, 0.4) is 0 Å². The van der Waals surface area contributed by atoms with Crippen molar-refractivity contribution in [3.63, 3.8) is 0 Å². The van der Waals surface area contributed by atoms with Crippen LogP contribution < -0.4 is 4.74 Å². The lowest BCUT2D eigenvalue weighted by molar-refractivity contribution is -0.385. The van der Waals surface area contributed by atoms with E-state index in [1.54, 1.807) is 6.07 Å². The second kappa shape index (κ2) is 5.67. The van der Waals surface area contributed by atoms with E-state index in [1.165, 1.54) is 36.4 Å². The van der Waals surface area contributed by atoms with Crippen molar-refractivity contribution in [2.75, 3.05) is 0 Å². The average molecular weight is 282 g/mol. The van der Waals surface area contributed by atoms with Crippen LogP contribution in [0.25, 0.3) is 0 Å². The number of nitro groups is 1. The summed E-state index contributed by atoms with van der Waals surface area (Å²) in [6.45, 7) is -0.0552. The minimum Gasteiger partial charge on any atom is -0.489 e. The summed E-state index contributed by atoms with van der Waals surface area (Å²) in [5.74, 6) is -0.132. The molecule has 0 saturated carbocycles. The third-order valence-electron chi connectivity index (χ3n) is 2.43. The zero-order valence-electron chi connectivity index (χ0n) is 9.68. The fourth-order valence-electron chi connectivity index (χ4n) is 1.57. The number of hydrogen-bond donors (Lipinski definition) is 0. The van der Waals surface area contributed by atoms with Crippen LogP contribution in [0.1, 0.15) is 5.56 Å². The van der Waals surface area contributed by atoms with Crippen LogP contribution in [0.2, 0.25) is 5.02 Å². The second-order valence-corrected chi connectivity index (χ2v) is 4.21. The zero-order valence-corrected chi connectivity index (χ0v) is 10.4. The molecule has 0 aliphatic heterocycles. The monoisotopic (exact) mass is 281 g/mol. The fraction of sp³-hybridized carbons (Fsp3) is 0.0769. The maximum atomic E-state index is 13.0. The van der Waals surface area contributed by atoms with Crippen LogP contribution in [0, 0.1) is 15.9 Å². The molecule has 0 bridgehead atoms. The molecule has 98 valence electrons. The predicted molar refractivity (Wildman–Crippen MR) is 68.8 cm³/mol. The van der Waals surface area contributed by atoms with Crippen LogP contribution in [0.4, 0.5) is 10.1 Å². The standard InChI is InChI=1S/C13H9ClFNO3/c14-10-4-5-13(16(17)18)9(6-10)8-19-12-3-1-2-11(15)7-12/h1-7H,8H2. The van der Waals surface area contributed by atoms with Crippen molar-refractivity contribution in [1.82, 2.24) is 0 Å². The van der Waals surface area contributed by atoms with E-state index in [0.29, 0.717) is 16.3 Å². The highest BCUT2D eigenvalue weighted by Crippen LogP contribution is 2.24. The van der Waals surface area contributed by atoms with E-state index in [9.17, 15) is 14.5 Å². The molecule has 0 fully saturated rings. The number of nitro benzene ring substituents is 1. The van der Waals surface area contributed by atoms with Gasteiger partial charge < -0.3 is 4.74 Å². The van der Waals surface area contributed by atoms with Crippen LogP contribution in [-0.4, -0.2) is 4.92 Å². The first-order valence-electron chi connectivity index (χ1n) is 5.37. The van der Waals surface area contributed by atoms with Gasteiger partial charge >= 0.3 is 0 Å². The lowest BCUT2D eigenvalue weighted by Crippen LogP contribution is -2.00. The van der Waals surface area contributed by atoms with Crippen LogP contribution in [0.15, 0.2) is 42.5 Å². The molecule has 0 atom stereocenters. The van der Waals surface area contributed by atoms with Gasteiger partial charge in [-0.1, -0.05) is 17.7 Å². The first kappa shape index (κ1) is 13.3. The van der Waals surface area contributed by atoms with Crippen molar-refractivity contribution in [3.8, 4) is 5.75 Å². The molecule has 0 radical (unpaired) electrons. The van der Waals surface area contributed by atoms with Crippen LogP contribution in [-0.2, 0) is 6.61 Å². The van der Waals surface area contributed by atoms with Crippen molar-refractivity contribution >= 4 is 17.3 Å². The molecule has 0 heterocycles. The maximum Gasteiger partial charge on any atom is 0.276 e. The Hall–Kier alpha value is -2.14. The highest BCUT2D eigenvalue weighted by Gasteiger charge is 2.14. The lowest BCUT2D eigenvalue weighted by Gasteiger charge is -2.07. The van der Waals surface area contributed by atoms with E-state index in [-0.39, 0.29) is 12.3 Å². The number of hydrogen-bond acceptors (Lipinski definition) is 3. The minimum atomic E-state index is -0.513. The van der Waals surface area contributed by atoms with Crippen molar-refractivity contribution in [1.29, 1.82) is 0 Å². The van der Waals surface area contributed by atoms with E-state index in [0.717, 1.165) is 0 Å². The van der Waals surface area contributed by atoms with Crippen molar-refractivity contribution < 1.29 is 14.1 Å². The van der Waals surface area contributed by atoms with Crippen LogP contribution >= 0.6 is 11.6 Å². The SMILES string of the molecule is O=[N+]([O-])c1ccc(Cl)cc1COc1cccc(F)c1. The Morgan fingerprint density at radius 2 is 2.05 bits per heavy atom. The molecule has 0 saturated heterocycles. The van der Waals surface area contributed by atoms with Gasteiger partial charge in [-0.3, -0.25) is 10.1 Å². The molecule has 2 aromatic rings. The summed E-state index contributed by atoms with van der Waals surface area (Å²) >= 11 is 5.79. The first-order chi connectivity index (χ1) is 9.06. The Labute approximate surface area is 113 Å². The summed E-state index contributed by atoms with van der Waals surface area (Å²) in [6, 6.07) is 9.76. The Bertz CT molecular complexity index is 619. The van der Waals surface area contributed by atoms with E-state index < -0.39 is 10.7 Å². The number of nitrogens with zero attached hydrogens (tertiary/aromatic N) is 1. The number of rotatable bonds is 4. The fourth-order valence-corrected chi connectivity index (χ4v) is 1.76. The normalized spacial score (nSPS) is 10.2. The average Bonchev–Trinajstić information content (AvgIpc) is 2.36. The van der Waals surface area contributed by atoms with Gasteiger partial charge in [0.1, 0.15) is 18.2 Å². The van der Waals surface area contributed by atoms with Gasteiger partial charge in [-0.15, -0.1) is 0 Å². The highest BCUT2D eigenvalue weighted by molar-refractivity contribution is 6.30. The summed E-state index contributed by atoms with van der Waals surface area (Å²) in [6.07, 6.45) is 0. The number of halogens is 2. The third kappa shape index (κ3) is 3.42.